The van der Waals surface area contributed by atoms with Crippen molar-refractivity contribution in [2.75, 3.05) is 0 Å². The Morgan fingerprint density at radius 1 is 0.926 bits per heavy atom. The summed E-state index contributed by atoms with van der Waals surface area (Å²) in [5, 5.41) is 0.512. The monoisotopic (exact) mass is 386 g/mol. The van der Waals surface area contributed by atoms with Crippen molar-refractivity contribution in [1.82, 2.24) is 9.97 Å². The Hall–Kier alpha value is -2.47. The molecule has 6 heteroatoms. The molecule has 0 atom stereocenters. The average Bonchev–Trinajstić information content (AvgIpc) is 2.62. The fraction of sp³-hybridized carbons (Fsp3) is 0.238. The maximum absolute atomic E-state index is 13.3. The molecule has 3 rings (SSSR count). The van der Waals surface area contributed by atoms with Crippen LogP contribution in [0.25, 0.3) is 0 Å². The SMILES string of the molecule is CCc1cc(Oc2ccc(C)c(C)c2)nc(SCc2cc(F)cc(F)c2)n1. The standard InChI is InChI=1S/C21H20F2N2OS/c1-4-18-11-20(26-19-6-5-13(2)14(3)7-19)25-21(24-18)27-12-15-8-16(22)10-17(23)9-15/h5-11H,4,12H2,1-3H3. The molecule has 0 fully saturated rings. The molecule has 1 aromatic heterocycles. The van der Waals surface area contributed by atoms with Gasteiger partial charge in [0, 0.05) is 23.6 Å². The van der Waals surface area contributed by atoms with Crippen LogP contribution in [-0.2, 0) is 12.2 Å². The molecule has 0 bridgehead atoms. The molecule has 0 amide bonds. The van der Waals surface area contributed by atoms with Gasteiger partial charge in [0.25, 0.3) is 0 Å². The first-order valence-corrected chi connectivity index (χ1v) is 9.62. The molecule has 0 N–H and O–H groups in total. The van der Waals surface area contributed by atoms with Gasteiger partial charge in [0.05, 0.1) is 0 Å². The highest BCUT2D eigenvalue weighted by molar-refractivity contribution is 7.98. The lowest BCUT2D eigenvalue weighted by molar-refractivity contribution is 0.453. The van der Waals surface area contributed by atoms with E-state index in [1.54, 1.807) is 6.07 Å². The van der Waals surface area contributed by atoms with E-state index in [0.29, 0.717) is 28.1 Å². The second-order valence-corrected chi connectivity index (χ2v) is 7.19. The normalized spacial score (nSPS) is 10.9. The van der Waals surface area contributed by atoms with Gasteiger partial charge in [0.15, 0.2) is 5.16 Å². The van der Waals surface area contributed by atoms with Gasteiger partial charge >= 0.3 is 0 Å². The minimum atomic E-state index is -0.590. The van der Waals surface area contributed by atoms with Gasteiger partial charge in [-0.25, -0.2) is 13.8 Å². The molecule has 1 heterocycles. The predicted octanol–water partition coefficient (Wildman–Crippen LogP) is 6.02. The molecule has 0 saturated carbocycles. The van der Waals surface area contributed by atoms with Crippen molar-refractivity contribution in [2.45, 2.75) is 38.1 Å². The molecule has 0 aliphatic heterocycles. The van der Waals surface area contributed by atoms with Crippen molar-refractivity contribution in [3.05, 3.63) is 76.5 Å². The van der Waals surface area contributed by atoms with E-state index in [1.165, 1.54) is 29.5 Å². The topological polar surface area (TPSA) is 35.0 Å². The first-order valence-electron chi connectivity index (χ1n) is 8.64. The van der Waals surface area contributed by atoms with Crippen molar-refractivity contribution < 1.29 is 13.5 Å². The summed E-state index contributed by atoms with van der Waals surface area (Å²) in [6.07, 6.45) is 0.730. The van der Waals surface area contributed by atoms with Gasteiger partial charge in [-0.15, -0.1) is 0 Å². The molecule has 3 aromatic rings. The molecule has 0 radical (unpaired) electrons. The highest BCUT2D eigenvalue weighted by Crippen LogP contribution is 2.27. The fourth-order valence-corrected chi connectivity index (χ4v) is 3.29. The molecule has 0 aliphatic carbocycles. The van der Waals surface area contributed by atoms with E-state index in [2.05, 4.69) is 9.97 Å². The Kier molecular flexibility index (Phi) is 6.06. The largest absolute Gasteiger partial charge is 0.439 e. The van der Waals surface area contributed by atoms with Crippen LogP contribution in [0.4, 0.5) is 8.78 Å². The van der Waals surface area contributed by atoms with Crippen molar-refractivity contribution >= 4 is 11.8 Å². The van der Waals surface area contributed by atoms with Gasteiger partial charge in [0.1, 0.15) is 17.4 Å². The number of ether oxygens (including phenoxy) is 1. The molecule has 140 valence electrons. The van der Waals surface area contributed by atoms with Crippen molar-refractivity contribution in [3.63, 3.8) is 0 Å². The summed E-state index contributed by atoms with van der Waals surface area (Å²) in [5.74, 6) is 0.352. The quantitative estimate of drug-likeness (QED) is 0.383. The molecular formula is C21H20F2N2OS. The Bertz CT molecular complexity index is 943. The van der Waals surface area contributed by atoms with Crippen LogP contribution in [0.3, 0.4) is 0 Å². The second kappa shape index (κ2) is 8.48. The number of rotatable bonds is 6. The molecule has 0 unspecified atom stereocenters. The number of benzene rings is 2. The highest BCUT2D eigenvalue weighted by Gasteiger charge is 2.09. The van der Waals surface area contributed by atoms with Gasteiger partial charge in [-0.1, -0.05) is 24.8 Å². The first-order chi connectivity index (χ1) is 12.9. The van der Waals surface area contributed by atoms with Gasteiger partial charge in [-0.05, 0) is 61.2 Å². The second-order valence-electron chi connectivity index (χ2n) is 6.25. The molecule has 0 spiro atoms. The zero-order chi connectivity index (χ0) is 19.4. The van der Waals surface area contributed by atoms with Gasteiger partial charge in [0.2, 0.25) is 5.88 Å². The molecule has 3 nitrogen and oxygen atoms in total. The van der Waals surface area contributed by atoms with Gasteiger partial charge in [-0.3, -0.25) is 0 Å². The minimum absolute atomic E-state index is 0.366. The Morgan fingerprint density at radius 3 is 2.33 bits per heavy atom. The summed E-state index contributed by atoms with van der Waals surface area (Å²) in [4.78, 5) is 8.90. The van der Waals surface area contributed by atoms with E-state index >= 15 is 0 Å². The van der Waals surface area contributed by atoms with E-state index in [0.717, 1.165) is 23.7 Å². The third kappa shape index (κ3) is 5.26. The number of aryl methyl sites for hydroxylation is 3. The maximum Gasteiger partial charge on any atom is 0.223 e. The van der Waals surface area contributed by atoms with Gasteiger partial charge < -0.3 is 4.74 Å². The van der Waals surface area contributed by atoms with Crippen LogP contribution >= 0.6 is 11.8 Å². The molecule has 0 saturated heterocycles. The lowest BCUT2D eigenvalue weighted by Crippen LogP contribution is -1.98. The Balaban J connectivity index is 1.79. The smallest absolute Gasteiger partial charge is 0.223 e. The summed E-state index contributed by atoms with van der Waals surface area (Å²) in [7, 11) is 0. The van der Waals surface area contributed by atoms with Crippen molar-refractivity contribution in [1.29, 1.82) is 0 Å². The van der Waals surface area contributed by atoms with Crippen LogP contribution in [-0.4, -0.2) is 9.97 Å². The van der Waals surface area contributed by atoms with Crippen LogP contribution in [0.2, 0.25) is 0 Å². The van der Waals surface area contributed by atoms with Crippen LogP contribution in [0, 0.1) is 25.5 Å². The van der Waals surface area contributed by atoms with E-state index in [9.17, 15) is 8.78 Å². The molecule has 0 aliphatic rings. The van der Waals surface area contributed by atoms with Gasteiger partial charge in [-0.2, -0.15) is 4.98 Å². The lowest BCUT2D eigenvalue weighted by atomic mass is 10.1. The zero-order valence-corrected chi connectivity index (χ0v) is 16.2. The zero-order valence-electron chi connectivity index (χ0n) is 15.4. The van der Waals surface area contributed by atoms with Crippen LogP contribution in [0.5, 0.6) is 11.6 Å². The summed E-state index contributed by atoms with van der Waals surface area (Å²) in [6.45, 7) is 6.07. The van der Waals surface area contributed by atoms with Crippen molar-refractivity contribution in [2.24, 2.45) is 0 Å². The number of hydrogen-bond donors (Lipinski definition) is 0. The predicted molar refractivity (Wildman–Crippen MR) is 103 cm³/mol. The van der Waals surface area contributed by atoms with Crippen LogP contribution in [0.15, 0.2) is 47.6 Å². The lowest BCUT2D eigenvalue weighted by Gasteiger charge is -2.10. The van der Waals surface area contributed by atoms with Crippen molar-refractivity contribution in [3.8, 4) is 11.6 Å². The summed E-state index contributed by atoms with van der Waals surface area (Å²) in [5.41, 5.74) is 3.72. The average molecular weight is 386 g/mol. The summed E-state index contributed by atoms with van der Waals surface area (Å²) in [6, 6.07) is 11.2. The number of hydrogen-bond acceptors (Lipinski definition) is 4. The molecular weight excluding hydrogens is 366 g/mol. The third-order valence-electron chi connectivity index (χ3n) is 4.09. The third-order valence-corrected chi connectivity index (χ3v) is 5.01. The molecule has 2 aromatic carbocycles. The number of thioether (sulfide) groups is 1. The van der Waals surface area contributed by atoms with E-state index in [-0.39, 0.29) is 0 Å². The molecule has 27 heavy (non-hydrogen) atoms. The summed E-state index contributed by atoms with van der Waals surface area (Å²) >= 11 is 1.32. The van der Waals surface area contributed by atoms with Crippen LogP contribution < -0.4 is 4.74 Å². The highest BCUT2D eigenvalue weighted by atomic mass is 32.2. The summed E-state index contributed by atoms with van der Waals surface area (Å²) < 4.78 is 32.6. The van der Waals surface area contributed by atoms with E-state index < -0.39 is 11.6 Å². The van der Waals surface area contributed by atoms with Crippen LogP contribution in [0.1, 0.15) is 29.3 Å². The fourth-order valence-electron chi connectivity index (χ4n) is 2.49. The van der Waals surface area contributed by atoms with E-state index in [1.807, 2.05) is 39.0 Å². The minimum Gasteiger partial charge on any atom is -0.439 e. The Morgan fingerprint density at radius 2 is 1.67 bits per heavy atom. The first kappa shape index (κ1) is 19.3. The Labute approximate surface area is 161 Å². The van der Waals surface area contributed by atoms with E-state index in [4.69, 9.17) is 4.74 Å². The number of nitrogens with zero attached hydrogens (tertiary/aromatic N) is 2. The maximum atomic E-state index is 13.3. The number of aromatic nitrogens is 2. The number of halogens is 2.